The summed E-state index contributed by atoms with van der Waals surface area (Å²) in [7, 11) is 6.65. The Labute approximate surface area is 224 Å². The molecule has 5 nitrogen and oxygen atoms in total. The van der Waals surface area contributed by atoms with Crippen LogP contribution in [0.25, 0.3) is 0 Å². The van der Waals surface area contributed by atoms with Gasteiger partial charge < -0.3 is 25.2 Å². The molecule has 5 heteroatoms. The number of nitrogens with zero attached hydrogens (tertiary/aromatic N) is 3. The van der Waals surface area contributed by atoms with Gasteiger partial charge in [-0.15, -0.1) is 0 Å². The average Bonchev–Trinajstić information content (AvgIpc) is 2.81. The van der Waals surface area contributed by atoms with Crippen molar-refractivity contribution in [2.75, 3.05) is 73.6 Å². The summed E-state index contributed by atoms with van der Waals surface area (Å²) in [6.45, 7) is 24.2. The van der Waals surface area contributed by atoms with E-state index in [1.165, 1.54) is 30.4 Å². The van der Waals surface area contributed by atoms with Crippen molar-refractivity contribution in [2.24, 2.45) is 17.1 Å². The third kappa shape index (κ3) is 12.5. The molecule has 2 N–H and O–H groups in total. The van der Waals surface area contributed by atoms with Gasteiger partial charge in [0.1, 0.15) is 0 Å². The predicted molar refractivity (Wildman–Crippen MR) is 158 cm³/mol. The predicted octanol–water partition coefficient (Wildman–Crippen LogP) is 5.65. The monoisotopic (exact) mass is 504 g/mol. The second-order valence-electron chi connectivity index (χ2n) is 12.7. The first-order valence-electron chi connectivity index (χ1n) is 14.3. The maximum atomic E-state index is 6.53. The van der Waals surface area contributed by atoms with Crippen LogP contribution < -0.4 is 5.73 Å². The quantitative estimate of drug-likeness (QED) is 0.264. The zero-order chi connectivity index (χ0) is 27.4. The molecule has 1 aromatic rings. The van der Waals surface area contributed by atoms with Crippen LogP contribution in [-0.4, -0.2) is 88.3 Å². The number of nitrogens with two attached hydrogens (primary N) is 1. The van der Waals surface area contributed by atoms with Crippen molar-refractivity contribution in [2.45, 2.75) is 79.2 Å². The Morgan fingerprint density at radius 3 is 1.75 bits per heavy atom. The van der Waals surface area contributed by atoms with Gasteiger partial charge in [-0.25, -0.2) is 0 Å². The number of benzene rings is 1. The van der Waals surface area contributed by atoms with E-state index in [0.717, 1.165) is 52.4 Å². The molecule has 0 radical (unpaired) electrons. The van der Waals surface area contributed by atoms with Crippen LogP contribution in [0.2, 0.25) is 0 Å². The molecule has 1 rings (SSSR count). The van der Waals surface area contributed by atoms with Crippen LogP contribution in [0.3, 0.4) is 0 Å². The molecule has 0 amide bonds. The van der Waals surface area contributed by atoms with Crippen LogP contribution in [0.4, 0.5) is 0 Å². The zero-order valence-corrected chi connectivity index (χ0v) is 25.6. The van der Waals surface area contributed by atoms with Gasteiger partial charge in [0.05, 0.1) is 12.2 Å². The summed E-state index contributed by atoms with van der Waals surface area (Å²) in [4.78, 5) is 7.25. The lowest BCUT2D eigenvalue weighted by molar-refractivity contribution is -0.0727. The molecule has 1 atom stereocenters. The molecule has 0 saturated heterocycles. The molecule has 1 aromatic carbocycles. The Morgan fingerprint density at radius 2 is 1.25 bits per heavy atom. The summed E-state index contributed by atoms with van der Waals surface area (Å²) >= 11 is 0. The second kappa shape index (κ2) is 16.1. The molecular weight excluding hydrogens is 444 g/mol. The summed E-state index contributed by atoms with van der Waals surface area (Å²) in [5.41, 5.74) is 8.13. The van der Waals surface area contributed by atoms with Gasteiger partial charge in [-0.1, -0.05) is 58.9 Å². The lowest BCUT2D eigenvalue weighted by Crippen LogP contribution is -2.35. The molecule has 1 unspecified atom stereocenters. The number of ether oxygens (including phenoxy) is 1. The fraction of sp³-hybridized carbons (Fsp3) is 0.806. The lowest BCUT2D eigenvalue weighted by Gasteiger charge is -2.36. The maximum Gasteiger partial charge on any atom is 0.0875 e. The SMILES string of the molecule is CC(C)c1ccc(C(C)(C)OCC(C)(C)C(C)CCCN(C)CCN(C)CCCN(C)CCN)cc1. The smallest absolute Gasteiger partial charge is 0.0875 e. The largest absolute Gasteiger partial charge is 0.370 e. The fourth-order valence-electron chi connectivity index (χ4n) is 4.43. The van der Waals surface area contributed by atoms with Crippen LogP contribution in [0, 0.1) is 11.3 Å². The maximum absolute atomic E-state index is 6.53. The highest BCUT2D eigenvalue weighted by molar-refractivity contribution is 5.28. The van der Waals surface area contributed by atoms with Crippen LogP contribution in [0.15, 0.2) is 24.3 Å². The molecule has 0 fully saturated rings. The molecule has 210 valence electrons. The Kier molecular flexibility index (Phi) is 14.8. The normalized spacial score (nSPS) is 14.0. The van der Waals surface area contributed by atoms with Gasteiger partial charge in [0.25, 0.3) is 0 Å². The van der Waals surface area contributed by atoms with Crippen molar-refractivity contribution in [1.29, 1.82) is 0 Å². The summed E-state index contributed by atoms with van der Waals surface area (Å²) < 4.78 is 6.53. The van der Waals surface area contributed by atoms with E-state index in [0.29, 0.717) is 11.8 Å². The average molecular weight is 505 g/mol. The highest BCUT2D eigenvalue weighted by atomic mass is 16.5. The van der Waals surface area contributed by atoms with E-state index < -0.39 is 0 Å². The fourth-order valence-corrected chi connectivity index (χ4v) is 4.43. The number of likely N-dealkylation sites (N-methyl/N-ethyl adjacent to an activating group) is 3. The topological polar surface area (TPSA) is 45.0 Å². The summed E-state index contributed by atoms with van der Waals surface area (Å²) in [5.74, 6) is 1.17. The Morgan fingerprint density at radius 1 is 0.750 bits per heavy atom. The molecule has 0 spiro atoms. The molecular formula is C31H60N4O. The third-order valence-electron chi connectivity index (χ3n) is 8.04. The van der Waals surface area contributed by atoms with Crippen molar-refractivity contribution in [3.63, 3.8) is 0 Å². The molecule has 0 aliphatic carbocycles. The first-order valence-corrected chi connectivity index (χ1v) is 14.3. The number of hydrogen-bond acceptors (Lipinski definition) is 5. The van der Waals surface area contributed by atoms with Crippen molar-refractivity contribution in [3.05, 3.63) is 35.4 Å². The van der Waals surface area contributed by atoms with E-state index >= 15 is 0 Å². The highest BCUT2D eigenvalue weighted by Gasteiger charge is 2.30. The Bertz CT molecular complexity index is 701. The molecule has 0 aliphatic rings. The highest BCUT2D eigenvalue weighted by Crippen LogP contribution is 2.34. The van der Waals surface area contributed by atoms with Crippen molar-refractivity contribution in [1.82, 2.24) is 14.7 Å². The van der Waals surface area contributed by atoms with E-state index in [2.05, 4.69) is 109 Å². The van der Waals surface area contributed by atoms with E-state index in [1.807, 2.05) is 0 Å². The summed E-state index contributed by atoms with van der Waals surface area (Å²) in [6.07, 6.45) is 3.66. The molecule has 0 heterocycles. The number of rotatable bonds is 19. The minimum Gasteiger partial charge on any atom is -0.370 e. The molecule has 0 bridgehead atoms. The molecule has 0 aliphatic heterocycles. The van der Waals surface area contributed by atoms with Crippen LogP contribution in [-0.2, 0) is 10.3 Å². The number of hydrogen-bond donors (Lipinski definition) is 1. The van der Waals surface area contributed by atoms with E-state index in [1.54, 1.807) is 0 Å². The van der Waals surface area contributed by atoms with Gasteiger partial charge in [0.15, 0.2) is 0 Å². The second-order valence-corrected chi connectivity index (χ2v) is 12.7. The van der Waals surface area contributed by atoms with Crippen molar-refractivity contribution < 1.29 is 4.74 Å². The molecule has 0 saturated carbocycles. The minimum atomic E-state index is -0.279. The van der Waals surface area contributed by atoms with Gasteiger partial charge in [-0.3, -0.25) is 0 Å². The minimum absolute atomic E-state index is 0.144. The first kappa shape index (κ1) is 33.0. The van der Waals surface area contributed by atoms with Crippen LogP contribution >= 0.6 is 0 Å². The lowest BCUT2D eigenvalue weighted by atomic mass is 9.78. The Balaban J connectivity index is 2.34. The summed E-state index contributed by atoms with van der Waals surface area (Å²) in [6, 6.07) is 8.96. The zero-order valence-electron chi connectivity index (χ0n) is 25.6. The van der Waals surface area contributed by atoms with Gasteiger partial charge in [0, 0.05) is 26.2 Å². The van der Waals surface area contributed by atoms with Crippen LogP contribution in [0.5, 0.6) is 0 Å². The van der Waals surface area contributed by atoms with Crippen LogP contribution in [0.1, 0.15) is 84.8 Å². The summed E-state index contributed by atoms with van der Waals surface area (Å²) in [5, 5.41) is 0. The molecule has 36 heavy (non-hydrogen) atoms. The Hall–Kier alpha value is -0.980. The molecule has 0 aromatic heterocycles. The van der Waals surface area contributed by atoms with E-state index in [9.17, 15) is 0 Å². The van der Waals surface area contributed by atoms with Crippen molar-refractivity contribution >= 4 is 0 Å². The third-order valence-corrected chi connectivity index (χ3v) is 8.04. The van der Waals surface area contributed by atoms with E-state index in [-0.39, 0.29) is 11.0 Å². The van der Waals surface area contributed by atoms with Gasteiger partial charge >= 0.3 is 0 Å². The first-order chi connectivity index (χ1) is 16.8. The van der Waals surface area contributed by atoms with Gasteiger partial charge in [-0.05, 0) is 102 Å². The van der Waals surface area contributed by atoms with E-state index in [4.69, 9.17) is 10.5 Å². The van der Waals surface area contributed by atoms with Gasteiger partial charge in [0.2, 0.25) is 0 Å². The standard InChI is InChI=1S/C31H60N4O/c1-26(2)28-14-16-29(17-15-28)31(6,7)36-25-30(4,5)27(3)13-11-19-34(9)23-24-35(10)21-12-20-33(8)22-18-32/h14-17,26-27H,11-13,18-25,32H2,1-10H3. The van der Waals surface area contributed by atoms with Crippen molar-refractivity contribution in [3.8, 4) is 0 Å². The van der Waals surface area contributed by atoms with Gasteiger partial charge in [-0.2, -0.15) is 0 Å².